The average molecular weight is 315 g/mol. The average Bonchev–Trinajstić information content (AvgIpc) is 2.92. The maximum Gasteiger partial charge on any atom is 0.416 e. The van der Waals surface area contributed by atoms with Gasteiger partial charge in [-0.1, -0.05) is 11.2 Å². The van der Waals surface area contributed by atoms with Gasteiger partial charge in [0.15, 0.2) is 12.4 Å². The van der Waals surface area contributed by atoms with E-state index in [-0.39, 0.29) is 24.3 Å². The van der Waals surface area contributed by atoms with E-state index in [1.165, 1.54) is 12.1 Å². The molecule has 1 aromatic carbocycles. The first-order valence-electron chi connectivity index (χ1n) is 6.67. The van der Waals surface area contributed by atoms with E-state index in [0.717, 1.165) is 12.1 Å². The minimum Gasteiger partial charge on any atom is -0.484 e. The van der Waals surface area contributed by atoms with E-state index in [1.807, 2.05) is 14.0 Å². The summed E-state index contributed by atoms with van der Waals surface area (Å²) >= 11 is 0. The first-order valence-corrected chi connectivity index (χ1v) is 6.67. The zero-order chi connectivity index (χ0) is 16.2. The van der Waals surface area contributed by atoms with Gasteiger partial charge in [0.2, 0.25) is 0 Å². The van der Waals surface area contributed by atoms with E-state index in [0.29, 0.717) is 12.2 Å². The van der Waals surface area contributed by atoms with Crippen molar-refractivity contribution in [3.63, 3.8) is 0 Å². The predicted molar refractivity (Wildman–Crippen MR) is 72.3 cm³/mol. The van der Waals surface area contributed by atoms with Crippen LogP contribution in [-0.4, -0.2) is 23.2 Å². The molecule has 8 heteroatoms. The minimum absolute atomic E-state index is 0.0811. The summed E-state index contributed by atoms with van der Waals surface area (Å²) in [4.78, 5) is 4.12. The molecule has 2 aromatic rings. The van der Waals surface area contributed by atoms with Gasteiger partial charge in [-0.3, -0.25) is 0 Å². The molecule has 1 atom stereocenters. The second kappa shape index (κ2) is 6.78. The van der Waals surface area contributed by atoms with Crippen LogP contribution >= 0.6 is 0 Å². The number of halogens is 3. The molecule has 2 rings (SSSR count). The standard InChI is InChI=1S/C14H16F3N3O2/c1-9(18-2)6-12-19-13(22-20-12)8-21-11-5-3-4-10(7-11)14(15,16)17/h3-5,7,9,18H,6,8H2,1-2H3. The van der Waals surface area contributed by atoms with E-state index in [4.69, 9.17) is 9.26 Å². The third-order valence-corrected chi connectivity index (χ3v) is 3.02. The molecule has 1 heterocycles. The Bertz CT molecular complexity index is 613. The number of aromatic nitrogens is 2. The Kier molecular flexibility index (Phi) is 5.02. The molecule has 1 aromatic heterocycles. The smallest absolute Gasteiger partial charge is 0.416 e. The number of hydrogen-bond donors (Lipinski definition) is 1. The highest BCUT2D eigenvalue weighted by atomic mass is 19.4. The van der Waals surface area contributed by atoms with Crippen molar-refractivity contribution in [3.8, 4) is 5.75 Å². The summed E-state index contributed by atoms with van der Waals surface area (Å²) in [6.07, 6.45) is -3.82. The van der Waals surface area contributed by atoms with Crippen LogP contribution in [-0.2, 0) is 19.2 Å². The second-order valence-electron chi connectivity index (χ2n) is 4.81. The number of nitrogens with zero attached hydrogens (tertiary/aromatic N) is 2. The molecule has 0 radical (unpaired) electrons. The van der Waals surface area contributed by atoms with Crippen LogP contribution in [0.15, 0.2) is 28.8 Å². The van der Waals surface area contributed by atoms with Gasteiger partial charge >= 0.3 is 6.18 Å². The zero-order valence-corrected chi connectivity index (χ0v) is 12.1. The van der Waals surface area contributed by atoms with Crippen LogP contribution in [0.3, 0.4) is 0 Å². The summed E-state index contributed by atoms with van der Waals surface area (Å²) in [5.74, 6) is 0.832. The molecule has 0 amide bonds. The lowest BCUT2D eigenvalue weighted by molar-refractivity contribution is -0.137. The van der Waals surface area contributed by atoms with Gasteiger partial charge in [-0.05, 0) is 32.2 Å². The lowest BCUT2D eigenvalue weighted by atomic mass is 10.2. The summed E-state index contributed by atoms with van der Waals surface area (Å²) in [5.41, 5.74) is -0.765. The molecule has 22 heavy (non-hydrogen) atoms. The largest absolute Gasteiger partial charge is 0.484 e. The molecule has 0 aliphatic carbocycles. The highest BCUT2D eigenvalue weighted by molar-refractivity contribution is 5.30. The molecule has 1 N–H and O–H groups in total. The van der Waals surface area contributed by atoms with Crippen molar-refractivity contribution in [3.05, 3.63) is 41.5 Å². The Morgan fingerprint density at radius 1 is 1.36 bits per heavy atom. The fourth-order valence-electron chi connectivity index (χ4n) is 1.71. The summed E-state index contributed by atoms with van der Waals surface area (Å²) in [6, 6.07) is 4.83. The third-order valence-electron chi connectivity index (χ3n) is 3.02. The number of likely N-dealkylation sites (N-methyl/N-ethyl adjacent to an activating group) is 1. The van der Waals surface area contributed by atoms with E-state index in [9.17, 15) is 13.2 Å². The van der Waals surface area contributed by atoms with E-state index in [1.54, 1.807) is 0 Å². The Balaban J connectivity index is 1.96. The quantitative estimate of drug-likeness (QED) is 0.888. The molecule has 0 saturated carbocycles. The molecule has 1 unspecified atom stereocenters. The number of rotatable bonds is 6. The SMILES string of the molecule is CNC(C)Cc1noc(COc2cccc(C(F)(F)F)c2)n1. The van der Waals surface area contributed by atoms with Crippen molar-refractivity contribution in [2.45, 2.75) is 32.2 Å². The van der Waals surface area contributed by atoms with Crippen LogP contribution in [0.4, 0.5) is 13.2 Å². The van der Waals surface area contributed by atoms with Gasteiger partial charge in [0.05, 0.1) is 5.56 Å². The summed E-state index contributed by atoms with van der Waals surface area (Å²) < 4.78 is 48.0. The highest BCUT2D eigenvalue weighted by Gasteiger charge is 2.30. The van der Waals surface area contributed by atoms with Crippen LogP contribution in [0.1, 0.15) is 24.2 Å². The zero-order valence-electron chi connectivity index (χ0n) is 12.1. The summed E-state index contributed by atoms with van der Waals surface area (Å²) in [5, 5.41) is 6.83. The van der Waals surface area contributed by atoms with Crippen LogP contribution in [0, 0.1) is 0 Å². The fourth-order valence-corrected chi connectivity index (χ4v) is 1.71. The maximum atomic E-state index is 12.6. The van der Waals surface area contributed by atoms with Crippen molar-refractivity contribution in [1.29, 1.82) is 0 Å². The molecule has 0 fully saturated rings. The summed E-state index contributed by atoms with van der Waals surface area (Å²) in [7, 11) is 1.82. The maximum absolute atomic E-state index is 12.6. The van der Waals surface area contributed by atoms with E-state index in [2.05, 4.69) is 15.5 Å². The van der Waals surface area contributed by atoms with Crippen LogP contribution < -0.4 is 10.1 Å². The first kappa shape index (κ1) is 16.3. The molecule has 120 valence electrons. The number of nitrogens with one attached hydrogen (secondary N) is 1. The molecular formula is C14H16F3N3O2. The predicted octanol–water partition coefficient (Wildman–Crippen LogP) is 2.82. The number of alkyl halides is 3. The van der Waals surface area contributed by atoms with Gasteiger partial charge in [-0.15, -0.1) is 0 Å². The van der Waals surface area contributed by atoms with Crippen LogP contribution in [0.2, 0.25) is 0 Å². The topological polar surface area (TPSA) is 60.2 Å². The molecule has 0 saturated heterocycles. The van der Waals surface area contributed by atoms with E-state index < -0.39 is 11.7 Å². The Morgan fingerprint density at radius 2 is 2.14 bits per heavy atom. The van der Waals surface area contributed by atoms with Gasteiger partial charge in [-0.2, -0.15) is 18.2 Å². The fraction of sp³-hybridized carbons (Fsp3) is 0.429. The van der Waals surface area contributed by atoms with Gasteiger partial charge in [0, 0.05) is 12.5 Å². The number of ether oxygens (including phenoxy) is 1. The lowest BCUT2D eigenvalue weighted by Gasteiger charge is -2.08. The van der Waals surface area contributed by atoms with Crippen molar-refractivity contribution in [2.75, 3.05) is 7.05 Å². The third kappa shape index (κ3) is 4.45. The molecule has 0 bridgehead atoms. The molecule has 0 aliphatic heterocycles. The van der Waals surface area contributed by atoms with Crippen molar-refractivity contribution >= 4 is 0 Å². The molecule has 0 spiro atoms. The van der Waals surface area contributed by atoms with Crippen molar-refractivity contribution in [2.24, 2.45) is 0 Å². The summed E-state index contributed by atoms with van der Waals surface area (Å²) in [6.45, 7) is 1.89. The Hall–Kier alpha value is -2.09. The van der Waals surface area contributed by atoms with Gasteiger partial charge in [-0.25, -0.2) is 0 Å². The van der Waals surface area contributed by atoms with Gasteiger partial charge in [0.25, 0.3) is 5.89 Å². The van der Waals surface area contributed by atoms with Crippen LogP contribution in [0.5, 0.6) is 5.75 Å². The highest BCUT2D eigenvalue weighted by Crippen LogP contribution is 2.31. The number of benzene rings is 1. The monoisotopic (exact) mass is 315 g/mol. The molecule has 0 aliphatic rings. The normalized spacial score (nSPS) is 13.1. The van der Waals surface area contributed by atoms with Gasteiger partial charge < -0.3 is 14.6 Å². The van der Waals surface area contributed by atoms with E-state index >= 15 is 0 Å². The lowest BCUT2D eigenvalue weighted by Crippen LogP contribution is -2.24. The minimum atomic E-state index is -4.40. The molecule has 5 nitrogen and oxygen atoms in total. The Morgan fingerprint density at radius 3 is 2.82 bits per heavy atom. The second-order valence-corrected chi connectivity index (χ2v) is 4.81. The first-order chi connectivity index (χ1) is 10.4. The Labute approximate surface area is 125 Å². The van der Waals surface area contributed by atoms with Gasteiger partial charge in [0.1, 0.15) is 5.75 Å². The molecular weight excluding hydrogens is 299 g/mol. The van der Waals surface area contributed by atoms with Crippen LogP contribution in [0.25, 0.3) is 0 Å². The van der Waals surface area contributed by atoms with Crippen molar-refractivity contribution in [1.82, 2.24) is 15.5 Å². The van der Waals surface area contributed by atoms with Crippen molar-refractivity contribution < 1.29 is 22.4 Å². The number of hydrogen-bond acceptors (Lipinski definition) is 5.